The molecule has 0 aromatic rings. The molecule has 1 saturated carbocycles. The lowest BCUT2D eigenvalue weighted by Gasteiger charge is -2.32. The average Bonchev–Trinajstić information content (AvgIpc) is 2.16. The fourth-order valence-corrected chi connectivity index (χ4v) is 1.98. The summed E-state index contributed by atoms with van der Waals surface area (Å²) in [5, 5.41) is 11.9. The summed E-state index contributed by atoms with van der Waals surface area (Å²) in [6, 6.07) is 2.13. The highest BCUT2D eigenvalue weighted by Crippen LogP contribution is 2.30. The third kappa shape index (κ3) is 3.49. The second-order valence-electron chi connectivity index (χ2n) is 5.78. The Kier molecular flexibility index (Phi) is 3.59. The molecule has 0 aromatic heterocycles. The second kappa shape index (κ2) is 4.42. The number of nitrogens with two attached hydrogens (primary N) is 1. The Balaban J connectivity index is 2.49. The molecule has 0 saturated heterocycles. The van der Waals surface area contributed by atoms with E-state index in [0.717, 1.165) is 0 Å². The third-order valence-corrected chi connectivity index (χ3v) is 2.97. The van der Waals surface area contributed by atoms with Gasteiger partial charge >= 0.3 is 0 Å². The number of carbonyl (C=O) groups is 1. The zero-order valence-electron chi connectivity index (χ0n) is 10.3. The van der Waals surface area contributed by atoms with E-state index in [2.05, 4.69) is 11.4 Å². The molecule has 16 heavy (non-hydrogen) atoms. The average molecular weight is 223 g/mol. The van der Waals surface area contributed by atoms with Gasteiger partial charge in [0.2, 0.25) is 5.91 Å². The van der Waals surface area contributed by atoms with Crippen molar-refractivity contribution in [3.8, 4) is 6.07 Å². The van der Waals surface area contributed by atoms with E-state index in [1.165, 1.54) is 0 Å². The fraction of sp³-hybridized carbons (Fsp3) is 0.833. The van der Waals surface area contributed by atoms with Crippen molar-refractivity contribution in [2.45, 2.75) is 57.5 Å². The largest absolute Gasteiger partial charge is 0.351 e. The summed E-state index contributed by atoms with van der Waals surface area (Å²) in [5.41, 5.74) is 4.95. The van der Waals surface area contributed by atoms with Gasteiger partial charge in [-0.15, -0.1) is 0 Å². The molecule has 90 valence electrons. The molecule has 0 heterocycles. The van der Waals surface area contributed by atoms with E-state index in [4.69, 9.17) is 11.0 Å². The quantitative estimate of drug-likeness (QED) is 0.703. The first-order valence-electron chi connectivity index (χ1n) is 5.78. The van der Waals surface area contributed by atoms with Crippen molar-refractivity contribution in [2.75, 3.05) is 0 Å². The van der Waals surface area contributed by atoms with Crippen molar-refractivity contribution < 1.29 is 4.79 Å². The Morgan fingerprint density at radius 1 is 1.44 bits per heavy atom. The van der Waals surface area contributed by atoms with Gasteiger partial charge < -0.3 is 11.1 Å². The van der Waals surface area contributed by atoms with Crippen LogP contribution in [0.25, 0.3) is 0 Å². The molecule has 0 spiro atoms. The summed E-state index contributed by atoms with van der Waals surface area (Å²) in [7, 11) is 0. The predicted octanol–water partition coefficient (Wildman–Crippen LogP) is 1.31. The Morgan fingerprint density at radius 3 is 2.31 bits per heavy atom. The maximum atomic E-state index is 11.9. The van der Waals surface area contributed by atoms with Gasteiger partial charge in [-0.1, -0.05) is 0 Å². The van der Waals surface area contributed by atoms with Crippen LogP contribution in [0.1, 0.15) is 46.5 Å². The van der Waals surface area contributed by atoms with Gasteiger partial charge in [-0.25, -0.2) is 0 Å². The maximum absolute atomic E-state index is 11.9. The van der Waals surface area contributed by atoms with Crippen LogP contribution < -0.4 is 11.1 Å². The minimum absolute atomic E-state index is 0.0178. The van der Waals surface area contributed by atoms with Gasteiger partial charge in [0.1, 0.15) is 5.54 Å². The van der Waals surface area contributed by atoms with Crippen LogP contribution in [0.3, 0.4) is 0 Å². The summed E-state index contributed by atoms with van der Waals surface area (Å²) in [6.07, 6.45) is 2.66. The normalized spacial score (nSPS) is 30.6. The summed E-state index contributed by atoms with van der Waals surface area (Å²) in [6.45, 7) is 5.91. The topological polar surface area (TPSA) is 78.9 Å². The van der Waals surface area contributed by atoms with E-state index < -0.39 is 5.54 Å². The maximum Gasteiger partial charge on any atom is 0.223 e. The Hall–Kier alpha value is -1.08. The van der Waals surface area contributed by atoms with E-state index in [1.54, 1.807) is 0 Å². The van der Waals surface area contributed by atoms with Crippen LogP contribution in [0.15, 0.2) is 0 Å². The molecule has 1 aliphatic carbocycles. The number of hydrogen-bond acceptors (Lipinski definition) is 3. The highest BCUT2D eigenvalue weighted by Gasteiger charge is 2.35. The highest BCUT2D eigenvalue weighted by molar-refractivity contribution is 5.79. The van der Waals surface area contributed by atoms with Crippen LogP contribution in [-0.2, 0) is 4.79 Å². The minimum atomic E-state index is -0.710. The van der Waals surface area contributed by atoms with E-state index in [0.29, 0.717) is 25.7 Å². The van der Waals surface area contributed by atoms with Gasteiger partial charge in [0.15, 0.2) is 0 Å². The number of amides is 1. The molecule has 4 heteroatoms. The van der Waals surface area contributed by atoms with Crippen molar-refractivity contribution in [3.63, 3.8) is 0 Å². The smallest absolute Gasteiger partial charge is 0.223 e. The molecule has 1 rings (SSSR count). The predicted molar refractivity (Wildman–Crippen MR) is 62.4 cm³/mol. The summed E-state index contributed by atoms with van der Waals surface area (Å²) in [5.74, 6) is 0.108. The van der Waals surface area contributed by atoms with E-state index in [9.17, 15) is 4.79 Å². The number of nitrogens with one attached hydrogen (secondary N) is 1. The Labute approximate surface area is 97.2 Å². The molecule has 0 bridgehead atoms. The lowest BCUT2D eigenvalue weighted by Crippen LogP contribution is -2.48. The van der Waals surface area contributed by atoms with Crippen LogP contribution in [-0.4, -0.2) is 17.0 Å². The zero-order chi connectivity index (χ0) is 12.4. The molecule has 1 aliphatic rings. The molecule has 4 nitrogen and oxygen atoms in total. The van der Waals surface area contributed by atoms with Crippen molar-refractivity contribution in [3.05, 3.63) is 0 Å². The number of carbonyl (C=O) groups excluding carboxylic acids is 1. The molecule has 0 aromatic carbocycles. The first-order chi connectivity index (χ1) is 7.26. The van der Waals surface area contributed by atoms with Crippen LogP contribution in [0.4, 0.5) is 0 Å². The standard InChI is InChI=1S/C12H21N3O/c1-11(2,3)15-10(16)9-4-6-12(14,8-13)7-5-9/h9H,4-7,14H2,1-3H3,(H,15,16). The fourth-order valence-electron chi connectivity index (χ4n) is 1.98. The van der Waals surface area contributed by atoms with E-state index in [1.807, 2.05) is 20.8 Å². The van der Waals surface area contributed by atoms with Crippen LogP contribution >= 0.6 is 0 Å². The lowest BCUT2D eigenvalue weighted by atomic mass is 9.77. The highest BCUT2D eigenvalue weighted by atomic mass is 16.2. The molecule has 0 unspecified atom stereocenters. The van der Waals surface area contributed by atoms with Gasteiger partial charge in [-0.2, -0.15) is 5.26 Å². The monoisotopic (exact) mass is 223 g/mol. The van der Waals surface area contributed by atoms with Gasteiger partial charge in [-0.05, 0) is 46.5 Å². The van der Waals surface area contributed by atoms with E-state index >= 15 is 0 Å². The minimum Gasteiger partial charge on any atom is -0.351 e. The van der Waals surface area contributed by atoms with Crippen LogP contribution in [0, 0.1) is 17.2 Å². The summed E-state index contributed by atoms with van der Waals surface area (Å²) < 4.78 is 0. The number of nitrogens with zero attached hydrogens (tertiary/aromatic N) is 1. The SMILES string of the molecule is CC(C)(C)NC(=O)C1CCC(N)(C#N)CC1. The molecular formula is C12H21N3O. The third-order valence-electron chi connectivity index (χ3n) is 2.97. The van der Waals surface area contributed by atoms with Crippen molar-refractivity contribution in [2.24, 2.45) is 11.7 Å². The summed E-state index contributed by atoms with van der Waals surface area (Å²) in [4.78, 5) is 11.9. The molecule has 1 fully saturated rings. The van der Waals surface area contributed by atoms with Crippen LogP contribution in [0.2, 0.25) is 0 Å². The zero-order valence-corrected chi connectivity index (χ0v) is 10.3. The Bertz CT molecular complexity index is 303. The second-order valence-corrected chi connectivity index (χ2v) is 5.78. The number of rotatable bonds is 1. The lowest BCUT2D eigenvalue weighted by molar-refractivity contribution is -0.127. The van der Waals surface area contributed by atoms with Gasteiger partial charge in [0.05, 0.1) is 6.07 Å². The molecule has 0 aliphatic heterocycles. The number of hydrogen-bond donors (Lipinski definition) is 2. The van der Waals surface area contributed by atoms with Crippen LogP contribution in [0.5, 0.6) is 0 Å². The van der Waals surface area contributed by atoms with E-state index in [-0.39, 0.29) is 17.4 Å². The van der Waals surface area contributed by atoms with Gasteiger partial charge in [0, 0.05) is 11.5 Å². The molecule has 3 N–H and O–H groups in total. The molecule has 0 radical (unpaired) electrons. The van der Waals surface area contributed by atoms with Crippen molar-refractivity contribution in [1.29, 1.82) is 5.26 Å². The first-order valence-corrected chi connectivity index (χ1v) is 5.78. The number of nitriles is 1. The molecular weight excluding hydrogens is 202 g/mol. The molecule has 1 amide bonds. The van der Waals surface area contributed by atoms with Gasteiger partial charge in [0.25, 0.3) is 0 Å². The van der Waals surface area contributed by atoms with Crippen molar-refractivity contribution >= 4 is 5.91 Å². The Morgan fingerprint density at radius 2 is 1.94 bits per heavy atom. The van der Waals surface area contributed by atoms with Gasteiger partial charge in [-0.3, -0.25) is 4.79 Å². The first kappa shape index (κ1) is 13.0. The molecule has 0 atom stereocenters. The van der Waals surface area contributed by atoms with Crippen molar-refractivity contribution in [1.82, 2.24) is 5.32 Å². The summed E-state index contributed by atoms with van der Waals surface area (Å²) >= 11 is 0.